The van der Waals surface area contributed by atoms with E-state index in [1.165, 1.54) is 0 Å². The molecule has 0 unspecified atom stereocenters. The molecule has 0 aliphatic carbocycles. The molecule has 0 radical (unpaired) electrons. The molecule has 0 atom stereocenters. The summed E-state index contributed by atoms with van der Waals surface area (Å²) in [5.74, 6) is 0.0672. The lowest BCUT2D eigenvalue weighted by Crippen LogP contribution is -2.17. The summed E-state index contributed by atoms with van der Waals surface area (Å²) in [4.78, 5) is 31.6. The van der Waals surface area contributed by atoms with E-state index in [-0.39, 0.29) is 5.24 Å². The number of amides is 2. The van der Waals surface area contributed by atoms with E-state index in [1.807, 2.05) is 12.1 Å². The highest BCUT2D eigenvalue weighted by Gasteiger charge is 2.25. The number of pyridine rings is 2. The fraction of sp³-hybridized carbons (Fsp3) is 0. The van der Waals surface area contributed by atoms with Crippen LogP contribution in [0.15, 0.2) is 50.7 Å². The zero-order valence-electron chi connectivity index (χ0n) is 11.9. The van der Waals surface area contributed by atoms with E-state index in [1.54, 1.807) is 30.7 Å². The van der Waals surface area contributed by atoms with Gasteiger partial charge in [0.2, 0.25) is 0 Å². The van der Waals surface area contributed by atoms with Gasteiger partial charge in [-0.3, -0.25) is 19.9 Å². The van der Waals surface area contributed by atoms with Crippen LogP contribution >= 0.6 is 27.7 Å². The summed E-state index contributed by atoms with van der Waals surface area (Å²) >= 11 is 4.16. The Bertz CT molecular complexity index is 1010. The van der Waals surface area contributed by atoms with Gasteiger partial charge in [-0.05, 0) is 45.9 Å². The topological polar surface area (TPSA) is 85.1 Å². The average Bonchev–Trinajstić information content (AvgIpc) is 3.10. The van der Waals surface area contributed by atoms with Crippen molar-refractivity contribution >= 4 is 55.9 Å². The number of hydrogen-bond donors (Lipinski definition) is 1. The smallest absolute Gasteiger partial charge is 0.290 e. The second-order valence-electron chi connectivity index (χ2n) is 4.98. The van der Waals surface area contributed by atoms with E-state index in [0.29, 0.717) is 16.2 Å². The van der Waals surface area contributed by atoms with Crippen LogP contribution in [0.25, 0.3) is 28.2 Å². The number of carbonyl (C=O) groups excluding carboxylic acids is 2. The maximum Gasteiger partial charge on any atom is 0.290 e. The minimum absolute atomic E-state index is 0.305. The van der Waals surface area contributed by atoms with E-state index >= 15 is 0 Å². The molecule has 4 rings (SSSR count). The third kappa shape index (κ3) is 2.74. The van der Waals surface area contributed by atoms with Crippen molar-refractivity contribution in [3.05, 3.63) is 52.1 Å². The van der Waals surface area contributed by atoms with Crippen molar-refractivity contribution in [1.29, 1.82) is 0 Å². The molecular weight excluding hydrogens is 394 g/mol. The number of imide groups is 1. The predicted octanol–water partition coefficient (Wildman–Crippen LogP) is 3.98. The first-order valence-electron chi connectivity index (χ1n) is 6.84. The number of nitrogens with zero attached hydrogens (tertiary/aromatic N) is 2. The number of furan rings is 1. The first-order valence-corrected chi connectivity index (χ1v) is 8.45. The normalized spacial score (nSPS) is 16.1. The molecule has 1 saturated heterocycles. The molecule has 118 valence electrons. The number of thioether (sulfide) groups is 1. The van der Waals surface area contributed by atoms with Gasteiger partial charge in [0.15, 0.2) is 0 Å². The van der Waals surface area contributed by atoms with Crippen molar-refractivity contribution in [2.24, 2.45) is 0 Å². The van der Waals surface area contributed by atoms with Gasteiger partial charge in [0.05, 0.1) is 4.91 Å². The molecular formula is C16H8BrN3O3S. The minimum Gasteiger partial charge on any atom is -0.456 e. The van der Waals surface area contributed by atoms with Crippen LogP contribution in [0.1, 0.15) is 5.76 Å². The van der Waals surface area contributed by atoms with Crippen LogP contribution in [0.3, 0.4) is 0 Å². The molecule has 1 aliphatic rings. The lowest BCUT2D eigenvalue weighted by molar-refractivity contribution is -0.115. The monoisotopic (exact) mass is 401 g/mol. The zero-order valence-corrected chi connectivity index (χ0v) is 14.3. The van der Waals surface area contributed by atoms with Crippen molar-refractivity contribution in [1.82, 2.24) is 15.3 Å². The van der Waals surface area contributed by atoms with Gasteiger partial charge in [0.1, 0.15) is 15.9 Å². The molecule has 0 spiro atoms. The Kier molecular flexibility index (Phi) is 3.70. The van der Waals surface area contributed by atoms with Crippen LogP contribution in [-0.4, -0.2) is 21.1 Å². The molecule has 1 aliphatic heterocycles. The maximum absolute atomic E-state index is 11.6. The fourth-order valence-electron chi connectivity index (χ4n) is 2.34. The standard InChI is InChI=1S/C16H8BrN3O3S/c17-13-2-1-8(6-19-13)11-7-18-5-9-3-10(23-14(9)11)4-12-15(21)20-16(22)24-12/h1-7H,(H,20,21,22)/b12-4-. The van der Waals surface area contributed by atoms with E-state index in [0.717, 1.165) is 32.9 Å². The maximum atomic E-state index is 11.6. The summed E-state index contributed by atoms with van der Waals surface area (Å²) in [6.45, 7) is 0. The van der Waals surface area contributed by atoms with Gasteiger partial charge < -0.3 is 4.42 Å². The molecule has 24 heavy (non-hydrogen) atoms. The lowest BCUT2D eigenvalue weighted by atomic mass is 10.1. The lowest BCUT2D eigenvalue weighted by Gasteiger charge is -2.01. The Morgan fingerprint density at radius 3 is 2.79 bits per heavy atom. The van der Waals surface area contributed by atoms with Crippen LogP contribution in [0.4, 0.5) is 4.79 Å². The van der Waals surface area contributed by atoms with E-state index in [4.69, 9.17) is 4.42 Å². The SMILES string of the molecule is O=C1NC(=O)/C(=C/c2cc3cncc(-c4ccc(Br)nc4)c3o2)S1. The summed E-state index contributed by atoms with van der Waals surface area (Å²) in [7, 11) is 0. The Labute approximate surface area is 148 Å². The predicted molar refractivity (Wildman–Crippen MR) is 94.0 cm³/mol. The summed E-state index contributed by atoms with van der Waals surface area (Å²) in [6, 6.07) is 5.53. The molecule has 0 saturated carbocycles. The van der Waals surface area contributed by atoms with Crippen molar-refractivity contribution in [2.75, 3.05) is 0 Å². The number of fused-ring (bicyclic) bond motifs is 1. The molecule has 8 heteroatoms. The van der Waals surface area contributed by atoms with Gasteiger partial charge in [0, 0.05) is 41.2 Å². The van der Waals surface area contributed by atoms with Crippen LogP contribution in [0, 0.1) is 0 Å². The van der Waals surface area contributed by atoms with E-state index < -0.39 is 5.91 Å². The molecule has 1 N–H and O–H groups in total. The summed E-state index contributed by atoms with van der Waals surface area (Å²) < 4.78 is 6.61. The first-order chi connectivity index (χ1) is 11.6. The third-order valence-corrected chi connectivity index (χ3v) is 4.68. The van der Waals surface area contributed by atoms with Crippen LogP contribution in [0.5, 0.6) is 0 Å². The molecule has 6 nitrogen and oxygen atoms in total. The van der Waals surface area contributed by atoms with E-state index in [9.17, 15) is 9.59 Å². The third-order valence-electron chi connectivity index (χ3n) is 3.40. The number of hydrogen-bond acceptors (Lipinski definition) is 6. The molecule has 0 aromatic carbocycles. The highest BCUT2D eigenvalue weighted by molar-refractivity contribution is 9.10. The summed E-state index contributed by atoms with van der Waals surface area (Å²) in [6.07, 6.45) is 6.66. The van der Waals surface area contributed by atoms with Crippen molar-refractivity contribution in [3.8, 4) is 11.1 Å². The van der Waals surface area contributed by atoms with Gasteiger partial charge >= 0.3 is 0 Å². The highest BCUT2D eigenvalue weighted by Crippen LogP contribution is 2.32. The number of nitrogens with one attached hydrogen (secondary N) is 1. The van der Waals surface area contributed by atoms with Crippen molar-refractivity contribution in [2.45, 2.75) is 0 Å². The largest absolute Gasteiger partial charge is 0.456 e. The molecule has 3 aromatic heterocycles. The number of rotatable bonds is 2. The average molecular weight is 402 g/mol. The molecule has 4 heterocycles. The second kappa shape index (κ2) is 5.88. The number of halogens is 1. The Hall–Kier alpha value is -2.45. The van der Waals surface area contributed by atoms with Crippen molar-refractivity contribution < 1.29 is 14.0 Å². The highest BCUT2D eigenvalue weighted by atomic mass is 79.9. The Balaban J connectivity index is 1.80. The summed E-state index contributed by atoms with van der Waals surface area (Å²) in [5.41, 5.74) is 2.32. The first kappa shape index (κ1) is 15.1. The Morgan fingerprint density at radius 2 is 2.08 bits per heavy atom. The molecule has 3 aromatic rings. The van der Waals surface area contributed by atoms with Crippen LogP contribution in [0.2, 0.25) is 0 Å². The second-order valence-corrected chi connectivity index (χ2v) is 6.80. The molecule has 2 amide bonds. The Morgan fingerprint density at radius 1 is 1.21 bits per heavy atom. The number of aromatic nitrogens is 2. The van der Waals surface area contributed by atoms with Gasteiger partial charge in [-0.2, -0.15) is 0 Å². The van der Waals surface area contributed by atoms with Crippen molar-refractivity contribution in [3.63, 3.8) is 0 Å². The van der Waals surface area contributed by atoms with Gasteiger partial charge in [-0.25, -0.2) is 4.98 Å². The van der Waals surface area contributed by atoms with Gasteiger partial charge in [0.25, 0.3) is 11.1 Å². The fourth-order valence-corrected chi connectivity index (χ4v) is 3.24. The quantitative estimate of drug-likeness (QED) is 0.516. The summed E-state index contributed by atoms with van der Waals surface area (Å²) in [5, 5.41) is 2.63. The molecule has 0 bridgehead atoms. The molecule has 1 fully saturated rings. The minimum atomic E-state index is -0.416. The van der Waals surface area contributed by atoms with Gasteiger partial charge in [-0.1, -0.05) is 0 Å². The van der Waals surface area contributed by atoms with Crippen LogP contribution < -0.4 is 5.32 Å². The number of carbonyl (C=O) groups is 2. The van der Waals surface area contributed by atoms with Crippen LogP contribution in [-0.2, 0) is 4.79 Å². The van der Waals surface area contributed by atoms with Gasteiger partial charge in [-0.15, -0.1) is 0 Å². The van der Waals surface area contributed by atoms with E-state index in [2.05, 4.69) is 31.2 Å². The zero-order chi connectivity index (χ0) is 16.7.